The normalized spacial score (nSPS) is 11.3. The van der Waals surface area contributed by atoms with Gasteiger partial charge >= 0.3 is 6.18 Å². The van der Waals surface area contributed by atoms with Crippen molar-refractivity contribution < 1.29 is 22.6 Å². The Hall–Kier alpha value is -3.23. The fraction of sp³-hybridized carbons (Fsp3) is 0.217. The summed E-state index contributed by atoms with van der Waals surface area (Å²) in [6.45, 7) is 2.65. The average Bonchev–Trinajstić information content (AvgIpc) is 2.77. The second kappa shape index (κ2) is 10.7. The van der Waals surface area contributed by atoms with Crippen LogP contribution in [-0.4, -0.2) is 36.0 Å². The number of anilines is 1. The first-order valence-corrected chi connectivity index (χ1v) is 9.57. The summed E-state index contributed by atoms with van der Waals surface area (Å²) in [6, 6.07) is 19.0. The van der Waals surface area contributed by atoms with E-state index in [-0.39, 0.29) is 19.8 Å². The summed E-state index contributed by atoms with van der Waals surface area (Å²) >= 11 is 0. The van der Waals surface area contributed by atoms with Crippen LogP contribution in [0.25, 0.3) is 17.1 Å². The number of hydrogen-bond donors (Lipinski definition) is 1. The minimum absolute atomic E-state index is 0.000174. The number of benzene rings is 2. The van der Waals surface area contributed by atoms with Crippen LogP contribution in [0.5, 0.6) is 0 Å². The van der Waals surface area contributed by atoms with E-state index in [2.05, 4.69) is 26.6 Å². The number of nitrogens with zero attached hydrogens (tertiary/aromatic N) is 2. The highest BCUT2D eigenvalue weighted by molar-refractivity contribution is 5.76. The molecule has 3 aromatic rings. The Morgan fingerprint density at radius 3 is 2.26 bits per heavy atom. The van der Waals surface area contributed by atoms with Crippen molar-refractivity contribution in [2.45, 2.75) is 12.8 Å². The molecule has 1 aromatic heterocycles. The maximum absolute atomic E-state index is 12.2. The number of halogens is 3. The molecule has 8 heteroatoms. The van der Waals surface area contributed by atoms with Crippen LogP contribution in [-0.2, 0) is 16.1 Å². The Labute approximate surface area is 178 Å². The predicted molar refractivity (Wildman–Crippen MR) is 113 cm³/mol. The third-order valence-corrected chi connectivity index (χ3v) is 4.18. The van der Waals surface area contributed by atoms with Gasteiger partial charge in [-0.3, -0.25) is 0 Å². The van der Waals surface area contributed by atoms with E-state index in [0.717, 1.165) is 11.1 Å². The van der Waals surface area contributed by atoms with Crippen molar-refractivity contribution in [3.05, 3.63) is 84.7 Å². The Bertz CT molecular complexity index is 980. The van der Waals surface area contributed by atoms with Gasteiger partial charge in [0.25, 0.3) is 0 Å². The predicted octanol–water partition coefficient (Wildman–Crippen LogP) is 5.32. The van der Waals surface area contributed by atoms with Gasteiger partial charge in [-0.15, -0.1) is 0 Å². The summed E-state index contributed by atoms with van der Waals surface area (Å²) in [6.07, 6.45) is -2.71. The fourth-order valence-corrected chi connectivity index (χ4v) is 2.71. The molecule has 2 aromatic carbocycles. The summed E-state index contributed by atoms with van der Waals surface area (Å²) < 4.78 is 46.5. The second-order valence-electron chi connectivity index (χ2n) is 6.61. The van der Waals surface area contributed by atoms with Crippen molar-refractivity contribution in [1.29, 1.82) is 0 Å². The van der Waals surface area contributed by atoms with E-state index in [9.17, 15) is 13.2 Å². The van der Waals surface area contributed by atoms with Crippen LogP contribution in [0.2, 0.25) is 0 Å². The van der Waals surface area contributed by atoms with Gasteiger partial charge in [0.1, 0.15) is 6.61 Å². The number of hydrogen-bond acceptors (Lipinski definition) is 5. The molecule has 0 saturated carbocycles. The van der Waals surface area contributed by atoms with Gasteiger partial charge in [-0.2, -0.15) is 13.2 Å². The van der Waals surface area contributed by atoms with Crippen molar-refractivity contribution in [2.24, 2.45) is 0 Å². The number of rotatable bonds is 10. The number of ether oxygens (including phenoxy) is 2. The van der Waals surface area contributed by atoms with Crippen LogP contribution >= 0.6 is 0 Å². The molecule has 0 aliphatic heterocycles. The third kappa shape index (κ3) is 7.20. The van der Waals surface area contributed by atoms with Crippen molar-refractivity contribution in [2.75, 3.05) is 25.1 Å². The first kappa shape index (κ1) is 22.5. The minimum Gasteiger partial charge on any atom is -0.373 e. The fourth-order valence-electron chi connectivity index (χ4n) is 2.71. The first-order chi connectivity index (χ1) is 14.9. The lowest BCUT2D eigenvalue weighted by Gasteiger charge is -2.15. The maximum Gasteiger partial charge on any atom is 0.411 e. The molecule has 0 unspecified atom stereocenters. The standard InChI is InChI=1S/C23H22F3N3O2/c1-17(18-8-4-2-5-9-18)28-20-14-27-22(19-10-6-3-7-11-19)29-21(20)15-30-12-13-31-16-23(24,25)26/h2-11,14,28H,1,12-13,15-16H2. The van der Waals surface area contributed by atoms with Crippen molar-refractivity contribution >= 4 is 11.4 Å². The summed E-state index contributed by atoms with van der Waals surface area (Å²) in [5, 5.41) is 3.20. The molecule has 0 aliphatic rings. The molecule has 0 radical (unpaired) electrons. The molecule has 0 fully saturated rings. The minimum atomic E-state index is -4.36. The van der Waals surface area contributed by atoms with E-state index < -0.39 is 12.8 Å². The Morgan fingerprint density at radius 2 is 1.58 bits per heavy atom. The molecule has 162 valence electrons. The van der Waals surface area contributed by atoms with Gasteiger partial charge in [0, 0.05) is 11.3 Å². The molecule has 0 saturated heterocycles. The van der Waals surface area contributed by atoms with Crippen LogP contribution in [0, 0.1) is 0 Å². The van der Waals surface area contributed by atoms with Gasteiger partial charge in [0.15, 0.2) is 5.82 Å². The van der Waals surface area contributed by atoms with Crippen LogP contribution in [0.3, 0.4) is 0 Å². The zero-order valence-corrected chi connectivity index (χ0v) is 16.7. The molecule has 5 nitrogen and oxygen atoms in total. The van der Waals surface area contributed by atoms with Crippen molar-refractivity contribution in [3.63, 3.8) is 0 Å². The van der Waals surface area contributed by atoms with E-state index in [1.807, 2.05) is 60.7 Å². The van der Waals surface area contributed by atoms with E-state index in [0.29, 0.717) is 22.9 Å². The summed E-state index contributed by atoms with van der Waals surface area (Å²) in [5.41, 5.74) is 3.56. The molecular weight excluding hydrogens is 407 g/mol. The zero-order valence-electron chi connectivity index (χ0n) is 16.7. The Morgan fingerprint density at radius 1 is 0.935 bits per heavy atom. The Balaban J connectivity index is 1.70. The lowest BCUT2D eigenvalue weighted by Crippen LogP contribution is -2.19. The van der Waals surface area contributed by atoms with Gasteiger partial charge in [-0.05, 0) is 5.56 Å². The van der Waals surface area contributed by atoms with Crippen LogP contribution in [0.15, 0.2) is 73.4 Å². The average molecular weight is 429 g/mol. The third-order valence-electron chi connectivity index (χ3n) is 4.18. The molecule has 1 heterocycles. The van der Waals surface area contributed by atoms with Gasteiger partial charge in [-0.25, -0.2) is 9.97 Å². The molecule has 1 N–H and O–H groups in total. The summed E-state index contributed by atoms with van der Waals surface area (Å²) in [5.74, 6) is 0.517. The van der Waals surface area contributed by atoms with Gasteiger partial charge in [0.05, 0.1) is 37.4 Å². The van der Waals surface area contributed by atoms with Gasteiger partial charge < -0.3 is 14.8 Å². The molecular formula is C23H22F3N3O2. The van der Waals surface area contributed by atoms with E-state index in [4.69, 9.17) is 4.74 Å². The van der Waals surface area contributed by atoms with E-state index >= 15 is 0 Å². The smallest absolute Gasteiger partial charge is 0.373 e. The molecule has 0 amide bonds. The highest BCUT2D eigenvalue weighted by atomic mass is 19.4. The highest BCUT2D eigenvalue weighted by Crippen LogP contribution is 2.23. The molecule has 3 rings (SSSR count). The molecule has 0 aliphatic carbocycles. The quantitative estimate of drug-likeness (QED) is 0.442. The summed E-state index contributed by atoms with van der Waals surface area (Å²) in [4.78, 5) is 9.01. The van der Waals surface area contributed by atoms with Crippen LogP contribution in [0.4, 0.5) is 18.9 Å². The van der Waals surface area contributed by atoms with E-state index in [1.54, 1.807) is 6.20 Å². The largest absolute Gasteiger partial charge is 0.411 e. The van der Waals surface area contributed by atoms with Gasteiger partial charge in [-0.1, -0.05) is 67.2 Å². The lowest BCUT2D eigenvalue weighted by atomic mass is 10.1. The SMILES string of the molecule is C=C(Nc1cnc(-c2ccccc2)nc1COCCOCC(F)(F)F)c1ccccc1. The Kier molecular flexibility index (Phi) is 7.75. The van der Waals surface area contributed by atoms with Crippen LogP contribution < -0.4 is 5.32 Å². The lowest BCUT2D eigenvalue weighted by molar-refractivity contribution is -0.176. The maximum atomic E-state index is 12.2. The van der Waals surface area contributed by atoms with Crippen molar-refractivity contribution in [3.8, 4) is 11.4 Å². The van der Waals surface area contributed by atoms with E-state index in [1.165, 1.54) is 0 Å². The monoisotopic (exact) mass is 429 g/mol. The highest BCUT2D eigenvalue weighted by Gasteiger charge is 2.27. The van der Waals surface area contributed by atoms with Crippen molar-refractivity contribution in [1.82, 2.24) is 9.97 Å². The number of aromatic nitrogens is 2. The topological polar surface area (TPSA) is 56.3 Å². The molecule has 0 bridgehead atoms. The molecule has 0 spiro atoms. The zero-order chi connectivity index (χ0) is 22.1. The molecule has 31 heavy (non-hydrogen) atoms. The summed E-state index contributed by atoms with van der Waals surface area (Å²) in [7, 11) is 0. The number of alkyl halides is 3. The van der Waals surface area contributed by atoms with Crippen LogP contribution in [0.1, 0.15) is 11.3 Å². The van der Waals surface area contributed by atoms with Gasteiger partial charge in [0.2, 0.25) is 0 Å². The molecule has 0 atom stereocenters. The first-order valence-electron chi connectivity index (χ1n) is 9.57. The second-order valence-corrected chi connectivity index (χ2v) is 6.61. The number of nitrogens with one attached hydrogen (secondary N) is 1.